The summed E-state index contributed by atoms with van der Waals surface area (Å²) >= 11 is 0. The van der Waals surface area contributed by atoms with Crippen LogP contribution in [0.15, 0.2) is 24.3 Å². The molecule has 0 saturated heterocycles. The molecule has 1 rings (SSSR count). The summed E-state index contributed by atoms with van der Waals surface area (Å²) < 4.78 is 0. The Labute approximate surface area is 86.8 Å². The Hall–Kier alpha value is -1.08. The van der Waals surface area contributed by atoms with Crippen LogP contribution in [0.5, 0.6) is 0 Å². The van der Waals surface area contributed by atoms with Gasteiger partial charge in [0, 0.05) is 6.54 Å². The molecule has 0 heterocycles. The third kappa shape index (κ3) is 3.35. The third-order valence-corrected chi connectivity index (χ3v) is 2.23. The second-order valence-electron chi connectivity index (χ2n) is 3.57. The van der Waals surface area contributed by atoms with E-state index in [4.69, 9.17) is 0 Å². The summed E-state index contributed by atoms with van der Waals surface area (Å²) in [5.41, 5.74) is 3.98. The monoisotopic (exact) mass is 189 g/mol. The van der Waals surface area contributed by atoms with Crippen molar-refractivity contribution in [1.29, 1.82) is 0 Å². The van der Waals surface area contributed by atoms with E-state index in [0.717, 1.165) is 13.1 Å². The van der Waals surface area contributed by atoms with Gasteiger partial charge in [-0.15, -0.1) is 0 Å². The van der Waals surface area contributed by atoms with Crippen LogP contribution < -0.4 is 5.32 Å². The van der Waals surface area contributed by atoms with Crippen LogP contribution in [0.4, 0.5) is 0 Å². The zero-order chi connectivity index (χ0) is 10.4. The Kier molecular flexibility index (Phi) is 4.41. The van der Waals surface area contributed by atoms with Crippen molar-refractivity contribution in [2.45, 2.75) is 20.8 Å². The van der Waals surface area contributed by atoms with Gasteiger partial charge in [0.2, 0.25) is 0 Å². The molecular weight excluding hydrogens is 170 g/mol. The van der Waals surface area contributed by atoms with E-state index in [1.807, 2.05) is 0 Å². The van der Waals surface area contributed by atoms with Crippen molar-refractivity contribution >= 4 is 6.08 Å². The molecule has 0 amide bonds. The summed E-state index contributed by atoms with van der Waals surface area (Å²) in [6, 6.07) is 6.54. The highest BCUT2D eigenvalue weighted by atomic mass is 14.8. The van der Waals surface area contributed by atoms with Gasteiger partial charge in [0.05, 0.1) is 0 Å². The van der Waals surface area contributed by atoms with Gasteiger partial charge in [0.15, 0.2) is 0 Å². The highest BCUT2D eigenvalue weighted by molar-refractivity contribution is 5.54. The lowest BCUT2D eigenvalue weighted by atomic mass is 10.1. The molecule has 0 bridgehead atoms. The van der Waals surface area contributed by atoms with Crippen LogP contribution >= 0.6 is 0 Å². The molecule has 0 fully saturated rings. The van der Waals surface area contributed by atoms with Crippen LogP contribution in [-0.4, -0.2) is 13.1 Å². The van der Waals surface area contributed by atoms with E-state index >= 15 is 0 Å². The van der Waals surface area contributed by atoms with E-state index in [0.29, 0.717) is 0 Å². The van der Waals surface area contributed by atoms with Gasteiger partial charge in [-0.3, -0.25) is 0 Å². The lowest BCUT2D eigenvalue weighted by Crippen LogP contribution is -2.11. The molecule has 0 aliphatic heterocycles. The minimum atomic E-state index is 0.948. The SMILES string of the molecule is CCNC/C=C\c1ccc(C)cc1C. The van der Waals surface area contributed by atoms with Gasteiger partial charge >= 0.3 is 0 Å². The zero-order valence-electron chi connectivity index (χ0n) is 9.30. The van der Waals surface area contributed by atoms with Gasteiger partial charge < -0.3 is 5.32 Å². The first kappa shape index (κ1) is 11.0. The molecule has 0 aliphatic rings. The molecule has 1 aromatic carbocycles. The number of hydrogen-bond acceptors (Lipinski definition) is 1. The molecule has 1 heteroatoms. The van der Waals surface area contributed by atoms with Crippen LogP contribution in [0.3, 0.4) is 0 Å². The zero-order valence-corrected chi connectivity index (χ0v) is 9.30. The van der Waals surface area contributed by atoms with Crippen molar-refractivity contribution in [1.82, 2.24) is 5.32 Å². The fourth-order valence-corrected chi connectivity index (χ4v) is 1.43. The van der Waals surface area contributed by atoms with E-state index in [2.05, 4.69) is 56.4 Å². The van der Waals surface area contributed by atoms with Gasteiger partial charge in [0.25, 0.3) is 0 Å². The summed E-state index contributed by atoms with van der Waals surface area (Å²) in [5, 5.41) is 3.26. The lowest BCUT2D eigenvalue weighted by Gasteiger charge is -2.01. The van der Waals surface area contributed by atoms with E-state index in [9.17, 15) is 0 Å². The molecule has 0 aliphatic carbocycles. The van der Waals surface area contributed by atoms with Crippen molar-refractivity contribution in [3.8, 4) is 0 Å². The van der Waals surface area contributed by atoms with Gasteiger partial charge in [-0.2, -0.15) is 0 Å². The van der Waals surface area contributed by atoms with Crippen molar-refractivity contribution < 1.29 is 0 Å². The maximum Gasteiger partial charge on any atom is 0.0138 e. The minimum Gasteiger partial charge on any atom is -0.314 e. The van der Waals surface area contributed by atoms with Crippen molar-refractivity contribution in [2.75, 3.05) is 13.1 Å². The Balaban J connectivity index is 2.62. The van der Waals surface area contributed by atoms with E-state index in [-0.39, 0.29) is 0 Å². The van der Waals surface area contributed by atoms with Gasteiger partial charge in [-0.25, -0.2) is 0 Å². The maximum atomic E-state index is 3.26. The predicted molar refractivity (Wildman–Crippen MR) is 63.5 cm³/mol. The van der Waals surface area contributed by atoms with E-state index in [1.54, 1.807) is 0 Å². The van der Waals surface area contributed by atoms with Crippen molar-refractivity contribution in [3.63, 3.8) is 0 Å². The molecule has 0 unspecified atom stereocenters. The summed E-state index contributed by atoms with van der Waals surface area (Å²) in [4.78, 5) is 0. The van der Waals surface area contributed by atoms with E-state index in [1.165, 1.54) is 16.7 Å². The molecular formula is C13H19N. The fraction of sp³-hybridized carbons (Fsp3) is 0.385. The average molecular weight is 189 g/mol. The largest absolute Gasteiger partial charge is 0.314 e. The minimum absolute atomic E-state index is 0.948. The summed E-state index contributed by atoms with van der Waals surface area (Å²) in [6.07, 6.45) is 4.35. The summed E-state index contributed by atoms with van der Waals surface area (Å²) in [5.74, 6) is 0. The standard InChI is InChI=1S/C13H19N/c1-4-14-9-5-6-13-8-7-11(2)10-12(13)3/h5-8,10,14H,4,9H2,1-3H3/b6-5-. The van der Waals surface area contributed by atoms with Crippen LogP contribution in [0.1, 0.15) is 23.6 Å². The number of benzene rings is 1. The highest BCUT2D eigenvalue weighted by Gasteiger charge is 1.92. The Morgan fingerprint density at radius 3 is 2.71 bits per heavy atom. The fourth-order valence-electron chi connectivity index (χ4n) is 1.43. The van der Waals surface area contributed by atoms with Crippen molar-refractivity contribution in [2.24, 2.45) is 0 Å². The Bertz CT molecular complexity index is 313. The van der Waals surface area contributed by atoms with Crippen LogP contribution in [-0.2, 0) is 0 Å². The van der Waals surface area contributed by atoms with Gasteiger partial charge in [-0.05, 0) is 31.5 Å². The second kappa shape index (κ2) is 5.61. The highest BCUT2D eigenvalue weighted by Crippen LogP contribution is 2.11. The topological polar surface area (TPSA) is 12.0 Å². The van der Waals surface area contributed by atoms with Crippen LogP contribution in [0.2, 0.25) is 0 Å². The Morgan fingerprint density at radius 2 is 2.07 bits per heavy atom. The predicted octanol–water partition coefficient (Wildman–Crippen LogP) is 2.93. The quantitative estimate of drug-likeness (QED) is 0.718. The average Bonchev–Trinajstić information content (AvgIpc) is 2.15. The lowest BCUT2D eigenvalue weighted by molar-refractivity contribution is 0.801. The number of hydrogen-bond donors (Lipinski definition) is 1. The number of likely N-dealkylation sites (N-methyl/N-ethyl adjacent to an activating group) is 1. The molecule has 1 N–H and O–H groups in total. The molecule has 14 heavy (non-hydrogen) atoms. The molecule has 1 aromatic rings. The molecule has 1 nitrogen and oxygen atoms in total. The summed E-state index contributed by atoms with van der Waals surface area (Å²) in [7, 11) is 0. The first-order valence-corrected chi connectivity index (χ1v) is 5.18. The van der Waals surface area contributed by atoms with Gasteiger partial charge in [0.1, 0.15) is 0 Å². The normalized spacial score (nSPS) is 11.1. The Morgan fingerprint density at radius 1 is 1.29 bits per heavy atom. The summed E-state index contributed by atoms with van der Waals surface area (Å²) in [6.45, 7) is 8.37. The molecule has 0 radical (unpaired) electrons. The smallest absolute Gasteiger partial charge is 0.0138 e. The third-order valence-electron chi connectivity index (χ3n) is 2.23. The number of rotatable bonds is 4. The first-order chi connectivity index (χ1) is 6.74. The van der Waals surface area contributed by atoms with Crippen molar-refractivity contribution in [3.05, 3.63) is 41.0 Å². The van der Waals surface area contributed by atoms with Crippen LogP contribution in [0.25, 0.3) is 6.08 Å². The van der Waals surface area contributed by atoms with Crippen LogP contribution in [0, 0.1) is 13.8 Å². The molecule has 0 saturated carbocycles. The maximum absolute atomic E-state index is 3.26. The number of nitrogens with one attached hydrogen (secondary N) is 1. The molecule has 0 spiro atoms. The molecule has 76 valence electrons. The molecule has 0 aromatic heterocycles. The van der Waals surface area contributed by atoms with E-state index < -0.39 is 0 Å². The second-order valence-corrected chi connectivity index (χ2v) is 3.57. The first-order valence-electron chi connectivity index (χ1n) is 5.18. The van der Waals surface area contributed by atoms with Gasteiger partial charge in [-0.1, -0.05) is 42.8 Å². The molecule has 0 atom stereocenters. The number of aryl methyl sites for hydroxylation is 2.